The lowest BCUT2D eigenvalue weighted by Crippen LogP contribution is -2.23. The summed E-state index contributed by atoms with van der Waals surface area (Å²) in [6.45, 7) is 0. The van der Waals surface area contributed by atoms with Crippen LogP contribution in [0.3, 0.4) is 0 Å². The number of hydrogen-bond donors (Lipinski definition) is 3. The van der Waals surface area contributed by atoms with Gasteiger partial charge in [-0.15, -0.1) is 0 Å². The van der Waals surface area contributed by atoms with Gasteiger partial charge in [-0.1, -0.05) is 41.7 Å². The van der Waals surface area contributed by atoms with Gasteiger partial charge in [-0.3, -0.25) is 0 Å². The summed E-state index contributed by atoms with van der Waals surface area (Å²) in [5.74, 6) is 0.389. The van der Waals surface area contributed by atoms with Crippen molar-refractivity contribution in [2.75, 3.05) is 5.32 Å². The molecule has 1 aromatic heterocycles. The number of anilines is 1. The van der Waals surface area contributed by atoms with E-state index in [2.05, 4.69) is 22.5 Å². The second kappa shape index (κ2) is 6.52. The Bertz CT molecular complexity index is 830. The number of hydrogen-bond acceptors (Lipinski definition) is 5. The predicted molar refractivity (Wildman–Crippen MR) is 97.4 cm³/mol. The molecule has 5 nitrogen and oxygen atoms in total. The van der Waals surface area contributed by atoms with E-state index in [0.29, 0.717) is 36.3 Å². The van der Waals surface area contributed by atoms with Crippen molar-refractivity contribution in [2.45, 2.75) is 31.7 Å². The van der Waals surface area contributed by atoms with Gasteiger partial charge in [0.05, 0.1) is 10.4 Å². The molecule has 1 fully saturated rings. The normalized spacial score (nSPS) is 23.9. The van der Waals surface area contributed by atoms with Crippen LogP contribution in [0.2, 0.25) is 0 Å². The van der Waals surface area contributed by atoms with Gasteiger partial charge in [0.1, 0.15) is 0 Å². The highest BCUT2D eigenvalue weighted by atomic mass is 32.1. The lowest BCUT2D eigenvalue weighted by Gasteiger charge is -2.18. The van der Waals surface area contributed by atoms with Crippen molar-refractivity contribution in [1.29, 1.82) is 0 Å². The number of allylic oxidation sites excluding steroid dienone is 1. The summed E-state index contributed by atoms with van der Waals surface area (Å²) in [5.41, 5.74) is 1.09. The summed E-state index contributed by atoms with van der Waals surface area (Å²) in [6.07, 6.45) is 8.06. The molecule has 0 spiro atoms. The molecule has 0 radical (unpaired) electrons. The maximum Gasteiger partial charge on any atom is 0.335 e. The summed E-state index contributed by atoms with van der Waals surface area (Å²) in [4.78, 5) is 16.3. The summed E-state index contributed by atoms with van der Waals surface area (Å²) in [7, 11) is 0. The van der Waals surface area contributed by atoms with Crippen molar-refractivity contribution in [3.63, 3.8) is 0 Å². The second-order valence-electron chi connectivity index (χ2n) is 6.76. The van der Waals surface area contributed by atoms with E-state index in [1.54, 1.807) is 12.1 Å². The molecule has 1 heterocycles. The monoisotopic (exact) mass is 356 g/mol. The first kappa shape index (κ1) is 16.1. The number of thiazole rings is 1. The Hall–Kier alpha value is -2.34. The molecular formula is C19H20N2O3S. The minimum Gasteiger partial charge on any atom is -0.492 e. The third-order valence-electron chi connectivity index (χ3n) is 5.13. The molecule has 2 aliphatic rings. The van der Waals surface area contributed by atoms with Crippen LogP contribution in [0.4, 0.5) is 5.13 Å². The van der Waals surface area contributed by atoms with E-state index in [4.69, 9.17) is 0 Å². The SMILES string of the molecule is O=C(O)c1ccccc1CCc1sc(NC2CC3C=CC2C3)nc1O. The van der Waals surface area contributed by atoms with E-state index in [-0.39, 0.29) is 5.88 Å². The zero-order chi connectivity index (χ0) is 17.4. The Morgan fingerprint density at radius 1 is 1.24 bits per heavy atom. The Morgan fingerprint density at radius 2 is 2.08 bits per heavy atom. The zero-order valence-electron chi connectivity index (χ0n) is 13.7. The van der Waals surface area contributed by atoms with Crippen LogP contribution in [0.1, 0.15) is 33.6 Å². The number of carboxylic acids is 1. The molecule has 2 bridgehead atoms. The lowest BCUT2D eigenvalue weighted by molar-refractivity contribution is 0.0695. The van der Waals surface area contributed by atoms with Crippen LogP contribution < -0.4 is 5.32 Å². The van der Waals surface area contributed by atoms with Crippen LogP contribution >= 0.6 is 11.3 Å². The van der Waals surface area contributed by atoms with Crippen molar-refractivity contribution < 1.29 is 15.0 Å². The van der Waals surface area contributed by atoms with Gasteiger partial charge in [0.15, 0.2) is 5.13 Å². The number of rotatable bonds is 6. The standard InChI is InChI=1S/C19H20N2O3S/c22-17-16(8-7-12-3-1-2-4-14(12)18(23)24)25-19(21-17)20-15-10-11-5-6-13(15)9-11/h1-6,11,13,15,22H,7-10H2,(H,20,21)(H,23,24). The molecule has 1 aromatic carbocycles. The first-order chi connectivity index (χ1) is 12.1. The molecule has 130 valence electrons. The van der Waals surface area contributed by atoms with E-state index >= 15 is 0 Å². The third-order valence-corrected chi connectivity index (χ3v) is 6.17. The fourth-order valence-electron chi connectivity index (χ4n) is 3.87. The van der Waals surface area contributed by atoms with Gasteiger partial charge in [-0.25, -0.2) is 4.79 Å². The number of carboxylic acid groups (broad SMARTS) is 1. The molecule has 3 atom stereocenters. The number of nitrogens with one attached hydrogen (secondary N) is 1. The molecular weight excluding hydrogens is 336 g/mol. The van der Waals surface area contributed by atoms with E-state index in [1.165, 1.54) is 17.8 Å². The van der Waals surface area contributed by atoms with E-state index < -0.39 is 5.97 Å². The molecule has 6 heteroatoms. The van der Waals surface area contributed by atoms with Crippen molar-refractivity contribution in [2.24, 2.45) is 11.8 Å². The number of benzene rings is 1. The van der Waals surface area contributed by atoms with Crippen LogP contribution in [-0.2, 0) is 12.8 Å². The van der Waals surface area contributed by atoms with Gasteiger partial charge >= 0.3 is 5.97 Å². The Kier molecular flexibility index (Phi) is 4.21. The second-order valence-corrected chi connectivity index (χ2v) is 7.84. The van der Waals surface area contributed by atoms with Gasteiger partial charge < -0.3 is 15.5 Å². The molecule has 3 N–H and O–H groups in total. The molecule has 0 saturated heterocycles. The number of nitrogens with zero attached hydrogens (tertiary/aromatic N) is 1. The van der Waals surface area contributed by atoms with Crippen molar-refractivity contribution in [3.05, 3.63) is 52.4 Å². The summed E-state index contributed by atoms with van der Waals surface area (Å²) < 4.78 is 0. The molecule has 4 rings (SSSR count). The van der Waals surface area contributed by atoms with Crippen molar-refractivity contribution in [1.82, 2.24) is 4.98 Å². The average Bonchev–Trinajstić information content (AvgIpc) is 3.29. The first-order valence-corrected chi connectivity index (χ1v) is 9.36. The van der Waals surface area contributed by atoms with E-state index in [1.807, 2.05) is 12.1 Å². The van der Waals surface area contributed by atoms with Gasteiger partial charge in [0.2, 0.25) is 5.88 Å². The van der Waals surface area contributed by atoms with Crippen LogP contribution in [0.15, 0.2) is 36.4 Å². The topological polar surface area (TPSA) is 82.5 Å². The van der Waals surface area contributed by atoms with Gasteiger partial charge in [0.25, 0.3) is 0 Å². The third kappa shape index (κ3) is 3.26. The lowest BCUT2D eigenvalue weighted by atomic mass is 10.0. The number of fused-ring (bicyclic) bond motifs is 2. The van der Waals surface area contributed by atoms with Crippen LogP contribution in [0.5, 0.6) is 5.88 Å². The van der Waals surface area contributed by atoms with Gasteiger partial charge in [-0.05, 0) is 49.1 Å². The highest BCUT2D eigenvalue weighted by molar-refractivity contribution is 7.15. The van der Waals surface area contributed by atoms with Crippen LogP contribution in [0, 0.1) is 11.8 Å². The van der Waals surface area contributed by atoms with E-state index in [0.717, 1.165) is 22.0 Å². The van der Waals surface area contributed by atoms with Crippen LogP contribution in [0.25, 0.3) is 0 Å². The van der Waals surface area contributed by atoms with E-state index in [9.17, 15) is 15.0 Å². The Morgan fingerprint density at radius 3 is 2.80 bits per heavy atom. The Labute approximate surface area is 150 Å². The number of aromatic carboxylic acids is 1. The largest absolute Gasteiger partial charge is 0.492 e. The quantitative estimate of drug-likeness (QED) is 0.687. The fourth-order valence-corrected chi connectivity index (χ4v) is 4.79. The summed E-state index contributed by atoms with van der Waals surface area (Å²) in [5, 5.41) is 23.6. The van der Waals surface area contributed by atoms with Crippen molar-refractivity contribution in [3.8, 4) is 5.88 Å². The van der Waals surface area contributed by atoms with Gasteiger partial charge in [-0.2, -0.15) is 4.98 Å². The number of aromatic nitrogens is 1. The van der Waals surface area contributed by atoms with Crippen LogP contribution in [-0.4, -0.2) is 27.2 Å². The number of aromatic hydroxyl groups is 1. The predicted octanol–water partition coefficient (Wildman–Crippen LogP) is 3.71. The molecule has 1 saturated carbocycles. The molecule has 3 unspecified atom stereocenters. The highest BCUT2D eigenvalue weighted by Gasteiger charge is 2.36. The summed E-state index contributed by atoms with van der Waals surface area (Å²) in [6, 6.07) is 7.40. The molecule has 0 amide bonds. The van der Waals surface area contributed by atoms with Crippen molar-refractivity contribution >= 4 is 22.4 Å². The average molecular weight is 356 g/mol. The molecule has 2 aromatic rings. The van der Waals surface area contributed by atoms with Gasteiger partial charge in [0, 0.05) is 6.04 Å². The highest BCUT2D eigenvalue weighted by Crippen LogP contribution is 2.41. The number of aryl methyl sites for hydroxylation is 2. The minimum absolute atomic E-state index is 0.0546. The summed E-state index contributed by atoms with van der Waals surface area (Å²) >= 11 is 1.46. The molecule has 0 aliphatic heterocycles. The first-order valence-electron chi connectivity index (χ1n) is 8.55. The molecule has 2 aliphatic carbocycles. The zero-order valence-corrected chi connectivity index (χ0v) is 14.5. The number of carbonyl (C=O) groups is 1. The fraction of sp³-hybridized carbons (Fsp3) is 0.368. The maximum absolute atomic E-state index is 11.3. The molecule has 25 heavy (non-hydrogen) atoms. The maximum atomic E-state index is 11.3. The Balaban J connectivity index is 1.43. The smallest absolute Gasteiger partial charge is 0.335 e. The minimum atomic E-state index is -0.921.